The van der Waals surface area contributed by atoms with Crippen molar-refractivity contribution in [3.05, 3.63) is 42.3 Å². The molecule has 1 aliphatic rings. The van der Waals surface area contributed by atoms with Gasteiger partial charge in [-0.1, -0.05) is 58.4 Å². The first-order chi connectivity index (χ1) is 10.1. The zero-order valence-corrected chi connectivity index (χ0v) is 18.5. The molecule has 2 rings (SSSR count). The fourth-order valence-corrected chi connectivity index (χ4v) is 2.54. The molecular weight excluding hydrogens is 345 g/mol. The molecule has 123 valence electrons. The Morgan fingerprint density at radius 2 is 1.73 bits per heavy atom. The van der Waals surface area contributed by atoms with Crippen molar-refractivity contribution in [2.75, 3.05) is 26.7 Å². The Hall–Kier alpha value is -0.206. The predicted molar refractivity (Wildman–Crippen MR) is 95.3 cm³/mol. The maximum atomic E-state index is 4.17. The quantitative estimate of drug-likeness (QED) is 0.557. The molecular formula is C19H34N2Y. The molecule has 1 atom stereocenters. The van der Waals surface area contributed by atoms with Crippen molar-refractivity contribution in [3.63, 3.8) is 0 Å². The Balaban J connectivity index is 0. The van der Waals surface area contributed by atoms with Crippen molar-refractivity contribution >= 4 is 5.84 Å². The molecule has 3 heteroatoms. The average molecular weight is 379 g/mol. The number of rotatable bonds is 3. The Labute approximate surface area is 163 Å². The van der Waals surface area contributed by atoms with Crippen LogP contribution >= 0.6 is 0 Å². The second-order valence-electron chi connectivity index (χ2n) is 4.81. The van der Waals surface area contributed by atoms with Crippen LogP contribution in [-0.4, -0.2) is 42.0 Å². The number of likely N-dealkylation sites (N-methyl/N-ethyl adjacent to an activating group) is 2. The normalized spacial score (nSPS) is 14.3. The summed E-state index contributed by atoms with van der Waals surface area (Å²) in [5.74, 6) is 1.69. The van der Waals surface area contributed by atoms with Gasteiger partial charge in [0.2, 0.25) is 0 Å². The summed E-state index contributed by atoms with van der Waals surface area (Å²) in [6.07, 6.45) is 0. The molecule has 1 heterocycles. The third-order valence-electron chi connectivity index (χ3n) is 3.48. The first-order valence-corrected chi connectivity index (χ1v) is 8.40. The molecule has 0 aliphatic carbocycles. The molecule has 1 unspecified atom stereocenters. The van der Waals surface area contributed by atoms with Crippen LogP contribution in [0.15, 0.2) is 24.3 Å². The third-order valence-corrected chi connectivity index (χ3v) is 3.48. The van der Waals surface area contributed by atoms with E-state index >= 15 is 0 Å². The summed E-state index contributed by atoms with van der Waals surface area (Å²) in [6, 6.07) is 8.64. The van der Waals surface area contributed by atoms with Crippen LogP contribution < -0.4 is 0 Å². The molecule has 1 aliphatic heterocycles. The van der Waals surface area contributed by atoms with Gasteiger partial charge in [0.25, 0.3) is 5.84 Å². The Kier molecular flexibility index (Phi) is 14.5. The summed E-state index contributed by atoms with van der Waals surface area (Å²) in [5.41, 5.74) is 2.69. The summed E-state index contributed by atoms with van der Waals surface area (Å²) in [7, 11) is 2.18. The Bertz CT molecular complexity index is 439. The van der Waals surface area contributed by atoms with Crippen LogP contribution in [0, 0.1) is 6.92 Å². The minimum Gasteiger partial charge on any atom is -0.336 e. The second kappa shape index (κ2) is 13.3. The average Bonchev–Trinajstić information content (AvgIpc) is 2.92. The van der Waals surface area contributed by atoms with Gasteiger partial charge in [-0.05, 0) is 13.0 Å². The monoisotopic (exact) mass is 379 g/mol. The van der Waals surface area contributed by atoms with E-state index in [1.807, 2.05) is 27.7 Å². The van der Waals surface area contributed by atoms with Gasteiger partial charge in [0.1, 0.15) is 13.1 Å². The van der Waals surface area contributed by atoms with Crippen molar-refractivity contribution in [1.29, 1.82) is 0 Å². The molecule has 2 nitrogen and oxygen atoms in total. The second-order valence-corrected chi connectivity index (χ2v) is 4.81. The van der Waals surface area contributed by atoms with Crippen molar-refractivity contribution in [3.8, 4) is 0 Å². The fourth-order valence-electron chi connectivity index (χ4n) is 2.54. The molecule has 1 radical (unpaired) electrons. The third kappa shape index (κ3) is 6.12. The van der Waals surface area contributed by atoms with Gasteiger partial charge < -0.3 is 6.92 Å². The summed E-state index contributed by atoms with van der Waals surface area (Å²) in [5, 5.41) is 0. The molecule has 0 bridgehead atoms. The minimum absolute atomic E-state index is 0. The van der Waals surface area contributed by atoms with Crippen LogP contribution in [0.3, 0.4) is 0 Å². The zero-order valence-electron chi connectivity index (χ0n) is 15.7. The van der Waals surface area contributed by atoms with Gasteiger partial charge in [-0.3, -0.25) is 9.48 Å². The van der Waals surface area contributed by atoms with E-state index in [0.717, 1.165) is 19.6 Å². The Morgan fingerprint density at radius 3 is 2.23 bits per heavy atom. The zero-order chi connectivity index (χ0) is 16.4. The van der Waals surface area contributed by atoms with Crippen LogP contribution in [0.2, 0.25) is 0 Å². The van der Waals surface area contributed by atoms with E-state index in [9.17, 15) is 0 Å². The molecule has 0 fully saturated rings. The standard InChI is InChI=1S/C15H22N2.2C2H6.Y/c1-5-17-11-10-16(4)15(17)14-9-7-6-8-13(14)12(2)3;2*1-2;/h6-9,12H,2,5,10-11H2,1,3-4H3;2*1-2H3;. The smallest absolute Gasteiger partial charge is 0.279 e. The van der Waals surface area contributed by atoms with Crippen LogP contribution in [0.25, 0.3) is 0 Å². The number of benzene rings is 1. The minimum atomic E-state index is 0. The van der Waals surface area contributed by atoms with Crippen molar-refractivity contribution in [2.24, 2.45) is 0 Å². The molecule has 0 saturated heterocycles. The van der Waals surface area contributed by atoms with E-state index in [0.29, 0.717) is 5.92 Å². The van der Waals surface area contributed by atoms with Crippen molar-refractivity contribution in [1.82, 2.24) is 4.90 Å². The maximum Gasteiger partial charge on any atom is 0.279 e. The molecule has 22 heavy (non-hydrogen) atoms. The molecule has 0 amide bonds. The van der Waals surface area contributed by atoms with Gasteiger partial charge in [0.15, 0.2) is 0 Å². The SMILES string of the molecule is CC.CC.[CH2-]C(C)c1ccccc1C1=[N+](C)CCN1CC.[Y]. The molecule has 0 aromatic heterocycles. The fraction of sp³-hybridized carbons (Fsp3) is 0.579. The van der Waals surface area contributed by atoms with E-state index < -0.39 is 0 Å². The van der Waals surface area contributed by atoms with Gasteiger partial charge in [-0.15, -0.1) is 5.92 Å². The van der Waals surface area contributed by atoms with E-state index in [4.69, 9.17) is 0 Å². The molecule has 1 aromatic carbocycles. The molecule has 0 N–H and O–H groups in total. The van der Waals surface area contributed by atoms with E-state index in [2.05, 4.69) is 61.6 Å². The summed E-state index contributed by atoms with van der Waals surface area (Å²) < 4.78 is 2.35. The van der Waals surface area contributed by atoms with Crippen molar-refractivity contribution < 1.29 is 37.3 Å². The van der Waals surface area contributed by atoms with Gasteiger partial charge >= 0.3 is 0 Å². The van der Waals surface area contributed by atoms with Crippen LogP contribution in [-0.2, 0) is 32.7 Å². The number of hydrogen-bond donors (Lipinski definition) is 0. The van der Waals surface area contributed by atoms with Crippen LogP contribution in [0.5, 0.6) is 0 Å². The topological polar surface area (TPSA) is 6.25 Å². The van der Waals surface area contributed by atoms with Gasteiger partial charge in [-0.2, -0.15) is 0 Å². The van der Waals surface area contributed by atoms with E-state index in [1.165, 1.54) is 17.0 Å². The van der Waals surface area contributed by atoms with Gasteiger partial charge in [-0.25, -0.2) is 0 Å². The van der Waals surface area contributed by atoms with Crippen LogP contribution in [0.1, 0.15) is 58.6 Å². The van der Waals surface area contributed by atoms with Gasteiger partial charge in [0, 0.05) is 32.7 Å². The summed E-state index contributed by atoms with van der Waals surface area (Å²) >= 11 is 0. The predicted octanol–water partition coefficient (Wildman–Crippen LogP) is 4.40. The largest absolute Gasteiger partial charge is 0.336 e. The first kappa shape index (κ1) is 24.1. The molecule has 0 spiro atoms. The molecule has 0 saturated carbocycles. The Morgan fingerprint density at radius 1 is 1.18 bits per heavy atom. The first-order valence-electron chi connectivity index (χ1n) is 8.40. The molecule has 1 aromatic rings. The number of hydrogen-bond acceptors (Lipinski definition) is 1. The van der Waals surface area contributed by atoms with Crippen LogP contribution in [0.4, 0.5) is 0 Å². The number of nitrogens with zero attached hydrogens (tertiary/aromatic N) is 2. The summed E-state index contributed by atoms with van der Waals surface area (Å²) in [4.78, 5) is 2.45. The maximum absolute atomic E-state index is 4.17. The summed E-state index contributed by atoms with van der Waals surface area (Å²) in [6.45, 7) is 19.9. The number of amidine groups is 1. The van der Waals surface area contributed by atoms with E-state index in [1.54, 1.807) is 0 Å². The van der Waals surface area contributed by atoms with Gasteiger partial charge in [0.05, 0.1) is 19.2 Å². The van der Waals surface area contributed by atoms with E-state index in [-0.39, 0.29) is 32.7 Å². The van der Waals surface area contributed by atoms with Crippen molar-refractivity contribution in [2.45, 2.75) is 47.5 Å².